The molecule has 0 aliphatic carbocycles. The van der Waals surface area contributed by atoms with Crippen molar-refractivity contribution in [2.75, 3.05) is 26.7 Å². The second-order valence-electron chi connectivity index (χ2n) is 7.35. The number of carbonyl (C=O) groups excluding carboxylic acids is 1. The summed E-state index contributed by atoms with van der Waals surface area (Å²) in [6.07, 6.45) is 1.32. The summed E-state index contributed by atoms with van der Waals surface area (Å²) in [4.78, 5) is 27.0. The molecule has 2 rings (SSSR count). The Hall–Kier alpha value is -1.69. The summed E-state index contributed by atoms with van der Waals surface area (Å²) in [5.74, 6) is 0.615. The Kier molecular flexibility index (Phi) is 6.15. The van der Waals surface area contributed by atoms with Crippen molar-refractivity contribution in [3.63, 3.8) is 0 Å². The molecule has 2 heterocycles. The molecule has 1 aliphatic rings. The number of hydrogen-bond acceptors (Lipinski definition) is 5. The number of hydrogen-bond donors (Lipinski definition) is 0. The van der Waals surface area contributed by atoms with Crippen LogP contribution in [0.5, 0.6) is 0 Å². The number of carbonyl (C=O) groups is 1. The van der Waals surface area contributed by atoms with Crippen LogP contribution in [-0.4, -0.2) is 47.4 Å². The van der Waals surface area contributed by atoms with Crippen molar-refractivity contribution in [2.24, 2.45) is 11.8 Å². The second-order valence-corrected chi connectivity index (χ2v) is 7.35. The highest BCUT2D eigenvalue weighted by molar-refractivity contribution is 5.73. The maximum atomic E-state index is 12.5. The van der Waals surface area contributed by atoms with Gasteiger partial charge in [-0.2, -0.15) is 5.10 Å². The molecule has 0 aromatic carbocycles. The van der Waals surface area contributed by atoms with Crippen LogP contribution in [0.4, 0.5) is 0 Å². The molecule has 6 heteroatoms. The van der Waals surface area contributed by atoms with Crippen LogP contribution in [0.2, 0.25) is 0 Å². The number of aryl methyl sites for hydroxylation is 1. The van der Waals surface area contributed by atoms with E-state index >= 15 is 0 Å². The van der Waals surface area contributed by atoms with Crippen LogP contribution >= 0.6 is 0 Å². The lowest BCUT2D eigenvalue weighted by Gasteiger charge is -2.37. The molecule has 134 valence electrons. The minimum atomic E-state index is -0.662. The fourth-order valence-electron chi connectivity index (χ4n) is 3.20. The van der Waals surface area contributed by atoms with Crippen LogP contribution < -0.4 is 5.56 Å². The van der Waals surface area contributed by atoms with Crippen molar-refractivity contribution in [1.82, 2.24) is 14.7 Å². The number of esters is 1. The predicted octanol–water partition coefficient (Wildman–Crippen LogP) is 1.81. The first kappa shape index (κ1) is 18.6. The molecule has 1 saturated heterocycles. The first-order valence-corrected chi connectivity index (χ1v) is 8.71. The lowest BCUT2D eigenvalue weighted by atomic mass is 10.0. The van der Waals surface area contributed by atoms with Gasteiger partial charge in [0.15, 0.2) is 6.04 Å². The Morgan fingerprint density at radius 1 is 1.42 bits per heavy atom. The van der Waals surface area contributed by atoms with E-state index in [2.05, 4.69) is 16.9 Å². The number of likely N-dealkylation sites (tertiary alicyclic amines) is 1. The van der Waals surface area contributed by atoms with Crippen LogP contribution in [0.3, 0.4) is 0 Å². The minimum Gasteiger partial charge on any atom is -0.467 e. The van der Waals surface area contributed by atoms with E-state index in [1.807, 2.05) is 19.9 Å². The zero-order chi connectivity index (χ0) is 17.9. The topological polar surface area (TPSA) is 64.4 Å². The van der Waals surface area contributed by atoms with Gasteiger partial charge in [0.1, 0.15) is 0 Å². The van der Waals surface area contributed by atoms with Gasteiger partial charge in [-0.3, -0.25) is 4.79 Å². The summed E-state index contributed by atoms with van der Waals surface area (Å²) < 4.78 is 6.22. The Morgan fingerprint density at radius 3 is 2.62 bits per heavy atom. The van der Waals surface area contributed by atoms with Crippen molar-refractivity contribution < 1.29 is 9.53 Å². The molecule has 24 heavy (non-hydrogen) atoms. The Labute approximate surface area is 143 Å². The summed E-state index contributed by atoms with van der Waals surface area (Å²) in [6.45, 7) is 11.2. The van der Waals surface area contributed by atoms with Gasteiger partial charge in [0, 0.05) is 31.6 Å². The average Bonchev–Trinajstić information content (AvgIpc) is 2.50. The number of rotatable bonds is 7. The van der Waals surface area contributed by atoms with E-state index in [4.69, 9.17) is 4.74 Å². The quantitative estimate of drug-likeness (QED) is 0.711. The monoisotopic (exact) mass is 335 g/mol. The molecule has 0 bridgehead atoms. The zero-order valence-corrected chi connectivity index (χ0v) is 15.4. The molecule has 1 atom stereocenters. The van der Waals surface area contributed by atoms with Crippen molar-refractivity contribution in [3.8, 4) is 0 Å². The van der Waals surface area contributed by atoms with E-state index in [1.165, 1.54) is 11.8 Å². The molecule has 0 amide bonds. The third kappa shape index (κ3) is 4.44. The van der Waals surface area contributed by atoms with Gasteiger partial charge in [0.2, 0.25) is 0 Å². The highest BCUT2D eigenvalue weighted by Crippen LogP contribution is 2.18. The van der Waals surface area contributed by atoms with Gasteiger partial charge >= 0.3 is 5.97 Å². The van der Waals surface area contributed by atoms with Gasteiger partial charge in [-0.25, -0.2) is 9.48 Å². The van der Waals surface area contributed by atoms with Gasteiger partial charge in [-0.05, 0) is 31.2 Å². The third-order valence-electron chi connectivity index (χ3n) is 4.45. The van der Waals surface area contributed by atoms with Gasteiger partial charge < -0.3 is 9.64 Å². The van der Waals surface area contributed by atoms with Gasteiger partial charge in [-0.1, -0.05) is 20.8 Å². The van der Waals surface area contributed by atoms with Gasteiger partial charge in [0.25, 0.3) is 5.56 Å². The van der Waals surface area contributed by atoms with Crippen LogP contribution in [0, 0.1) is 18.8 Å². The van der Waals surface area contributed by atoms with E-state index in [0.717, 1.165) is 37.7 Å². The van der Waals surface area contributed by atoms with Gasteiger partial charge in [-0.15, -0.1) is 0 Å². The SMILES string of the molecule is COC(=O)[C@H](CC(C)C)n1nc(CCN2CC(C)C2)cc(C)c1=O. The summed E-state index contributed by atoms with van der Waals surface area (Å²) in [7, 11) is 1.35. The van der Waals surface area contributed by atoms with Crippen molar-refractivity contribution in [2.45, 2.75) is 46.6 Å². The Bertz CT molecular complexity index is 633. The molecule has 1 fully saturated rings. The summed E-state index contributed by atoms with van der Waals surface area (Å²) in [5, 5.41) is 4.48. The van der Waals surface area contributed by atoms with Crippen LogP contribution in [0.1, 0.15) is 44.5 Å². The molecular formula is C18H29N3O3. The second kappa shape index (κ2) is 7.92. The molecule has 1 aliphatic heterocycles. The maximum Gasteiger partial charge on any atom is 0.330 e. The fourth-order valence-corrected chi connectivity index (χ4v) is 3.20. The molecule has 6 nitrogen and oxygen atoms in total. The lowest BCUT2D eigenvalue weighted by molar-refractivity contribution is -0.145. The summed E-state index contributed by atoms with van der Waals surface area (Å²) in [5.41, 5.74) is 1.26. The molecule has 0 radical (unpaired) electrons. The number of nitrogens with zero attached hydrogens (tertiary/aromatic N) is 3. The standard InChI is InChI=1S/C18H29N3O3/c1-12(2)8-16(18(23)24-5)21-17(22)14(4)9-15(19-21)6-7-20-10-13(3)11-20/h9,12-13,16H,6-8,10-11H2,1-5H3/t16-/m0/s1. The molecule has 1 aromatic rings. The maximum absolute atomic E-state index is 12.5. The number of ether oxygens (including phenoxy) is 1. The van der Waals surface area contributed by atoms with Crippen molar-refractivity contribution >= 4 is 5.97 Å². The molecule has 0 N–H and O–H groups in total. The van der Waals surface area contributed by atoms with E-state index in [1.54, 1.807) is 6.92 Å². The van der Waals surface area contributed by atoms with E-state index < -0.39 is 12.0 Å². The smallest absolute Gasteiger partial charge is 0.330 e. The third-order valence-corrected chi connectivity index (χ3v) is 4.45. The number of methoxy groups -OCH3 is 1. The zero-order valence-electron chi connectivity index (χ0n) is 15.4. The van der Waals surface area contributed by atoms with Crippen molar-refractivity contribution in [1.29, 1.82) is 0 Å². The Balaban J connectivity index is 2.23. The van der Waals surface area contributed by atoms with E-state index in [9.17, 15) is 9.59 Å². The lowest BCUT2D eigenvalue weighted by Crippen LogP contribution is -2.46. The molecule has 0 unspecified atom stereocenters. The van der Waals surface area contributed by atoms with Crippen LogP contribution in [0.15, 0.2) is 10.9 Å². The van der Waals surface area contributed by atoms with E-state index in [0.29, 0.717) is 12.0 Å². The highest BCUT2D eigenvalue weighted by atomic mass is 16.5. The molecular weight excluding hydrogens is 306 g/mol. The highest BCUT2D eigenvalue weighted by Gasteiger charge is 2.26. The van der Waals surface area contributed by atoms with Crippen LogP contribution in [0.25, 0.3) is 0 Å². The first-order valence-electron chi connectivity index (χ1n) is 8.71. The minimum absolute atomic E-state index is 0.215. The number of aromatic nitrogens is 2. The fraction of sp³-hybridized carbons (Fsp3) is 0.722. The van der Waals surface area contributed by atoms with Crippen LogP contribution in [-0.2, 0) is 16.0 Å². The van der Waals surface area contributed by atoms with Gasteiger partial charge in [0.05, 0.1) is 12.8 Å². The normalized spacial score (nSPS) is 16.9. The Morgan fingerprint density at radius 2 is 2.08 bits per heavy atom. The average molecular weight is 335 g/mol. The predicted molar refractivity (Wildman–Crippen MR) is 93.1 cm³/mol. The first-order chi connectivity index (χ1) is 11.3. The van der Waals surface area contributed by atoms with Crippen molar-refractivity contribution in [3.05, 3.63) is 27.7 Å². The summed E-state index contributed by atoms with van der Waals surface area (Å²) in [6, 6.07) is 1.18. The molecule has 0 saturated carbocycles. The molecule has 0 spiro atoms. The summed E-state index contributed by atoms with van der Waals surface area (Å²) >= 11 is 0. The largest absolute Gasteiger partial charge is 0.467 e. The molecule has 1 aromatic heterocycles. The van der Waals surface area contributed by atoms with E-state index in [-0.39, 0.29) is 11.5 Å².